The second kappa shape index (κ2) is 7.76. The fourth-order valence-electron chi connectivity index (χ4n) is 2.34. The van der Waals surface area contributed by atoms with Gasteiger partial charge in [0.1, 0.15) is 11.6 Å². The van der Waals surface area contributed by atoms with Crippen molar-refractivity contribution >= 4 is 15.8 Å². The van der Waals surface area contributed by atoms with Crippen molar-refractivity contribution in [2.75, 3.05) is 13.2 Å². The van der Waals surface area contributed by atoms with E-state index < -0.39 is 28.2 Å². The number of carbonyl (C=O) groups excluding carboxylic acids is 1. The number of hydrogen-bond donors (Lipinski definition) is 1. The first-order valence-corrected chi connectivity index (χ1v) is 9.25. The molecule has 0 aliphatic rings. The highest BCUT2D eigenvalue weighted by Gasteiger charge is 2.20. The van der Waals surface area contributed by atoms with Crippen LogP contribution in [0.25, 0.3) is 0 Å². The molecule has 0 unspecified atom stereocenters. The van der Waals surface area contributed by atoms with Crippen molar-refractivity contribution in [1.29, 1.82) is 0 Å². The molecule has 0 atom stereocenters. The number of hydrogen-bond acceptors (Lipinski definition) is 4. The zero-order valence-corrected chi connectivity index (χ0v) is 15.1. The lowest BCUT2D eigenvalue weighted by Crippen LogP contribution is -2.30. The second-order valence-corrected chi connectivity index (χ2v) is 7.31. The number of aryl methyl sites for hydroxylation is 2. The lowest BCUT2D eigenvalue weighted by Gasteiger charge is -2.13. The fourth-order valence-corrected chi connectivity index (χ4v) is 3.63. The maximum absolute atomic E-state index is 12.9. The van der Waals surface area contributed by atoms with E-state index >= 15 is 0 Å². The number of ether oxygens (including phenoxy) is 1. The van der Waals surface area contributed by atoms with Crippen LogP contribution in [0.2, 0.25) is 0 Å². The molecular formula is C18H20FNO4S. The molecule has 0 saturated carbocycles. The van der Waals surface area contributed by atoms with Crippen molar-refractivity contribution in [1.82, 2.24) is 4.72 Å². The molecule has 0 heterocycles. The van der Waals surface area contributed by atoms with Gasteiger partial charge in [-0.1, -0.05) is 0 Å². The molecule has 0 saturated heterocycles. The Morgan fingerprint density at radius 3 is 2.36 bits per heavy atom. The summed E-state index contributed by atoms with van der Waals surface area (Å²) < 4.78 is 45.6. The minimum absolute atomic E-state index is 0.0976. The highest BCUT2D eigenvalue weighted by molar-refractivity contribution is 7.89. The van der Waals surface area contributed by atoms with E-state index in [0.717, 1.165) is 12.1 Å². The van der Waals surface area contributed by atoms with Crippen LogP contribution in [0.3, 0.4) is 0 Å². The molecule has 0 aromatic heterocycles. The Morgan fingerprint density at radius 2 is 1.76 bits per heavy atom. The third kappa shape index (κ3) is 4.64. The minimum atomic E-state index is -3.86. The van der Waals surface area contributed by atoms with E-state index in [-0.39, 0.29) is 10.5 Å². The van der Waals surface area contributed by atoms with E-state index in [1.54, 1.807) is 19.9 Å². The summed E-state index contributed by atoms with van der Waals surface area (Å²) >= 11 is 0. The van der Waals surface area contributed by atoms with E-state index in [0.29, 0.717) is 23.5 Å². The molecule has 1 N–H and O–H groups in total. The van der Waals surface area contributed by atoms with Gasteiger partial charge in [-0.3, -0.25) is 4.79 Å². The van der Waals surface area contributed by atoms with Gasteiger partial charge in [-0.15, -0.1) is 0 Å². The highest BCUT2D eigenvalue weighted by atomic mass is 32.2. The molecule has 0 amide bonds. The lowest BCUT2D eigenvalue weighted by atomic mass is 10.1. The van der Waals surface area contributed by atoms with Gasteiger partial charge < -0.3 is 4.74 Å². The van der Waals surface area contributed by atoms with Crippen molar-refractivity contribution in [2.24, 2.45) is 0 Å². The molecule has 134 valence electrons. The largest absolute Gasteiger partial charge is 0.494 e. The van der Waals surface area contributed by atoms with Crippen LogP contribution in [0.1, 0.15) is 28.4 Å². The van der Waals surface area contributed by atoms with Gasteiger partial charge >= 0.3 is 0 Å². The zero-order valence-electron chi connectivity index (χ0n) is 14.3. The summed E-state index contributed by atoms with van der Waals surface area (Å²) in [5, 5.41) is 0. The number of ketones is 1. The molecule has 0 fully saturated rings. The van der Waals surface area contributed by atoms with E-state index in [1.807, 2.05) is 6.92 Å². The van der Waals surface area contributed by atoms with E-state index in [9.17, 15) is 17.6 Å². The number of sulfonamides is 1. The first-order chi connectivity index (χ1) is 11.7. The molecule has 2 aromatic carbocycles. The topological polar surface area (TPSA) is 72.5 Å². The van der Waals surface area contributed by atoms with Crippen LogP contribution >= 0.6 is 0 Å². The van der Waals surface area contributed by atoms with Gasteiger partial charge in [-0.05, 0) is 68.3 Å². The molecule has 2 rings (SSSR count). The Bertz CT molecular complexity index is 877. The van der Waals surface area contributed by atoms with Crippen molar-refractivity contribution in [3.05, 3.63) is 58.9 Å². The average molecular weight is 365 g/mol. The molecule has 0 radical (unpaired) electrons. The maximum atomic E-state index is 12.9. The summed E-state index contributed by atoms with van der Waals surface area (Å²) in [5.74, 6) is -0.275. The number of Topliss-reactive ketones (excluding diaryl/α,β-unsaturated/α-hetero) is 1. The number of nitrogens with one attached hydrogen (secondary N) is 1. The van der Waals surface area contributed by atoms with Gasteiger partial charge in [-0.2, -0.15) is 0 Å². The van der Waals surface area contributed by atoms with E-state index in [1.165, 1.54) is 18.2 Å². The third-order valence-corrected chi connectivity index (χ3v) is 5.19. The summed E-state index contributed by atoms with van der Waals surface area (Å²) in [6, 6.07) is 8.13. The first-order valence-electron chi connectivity index (χ1n) is 7.77. The fraction of sp³-hybridized carbons (Fsp3) is 0.278. The summed E-state index contributed by atoms with van der Waals surface area (Å²) in [7, 11) is -3.86. The Labute approximate surface area is 146 Å². The van der Waals surface area contributed by atoms with Crippen LogP contribution in [0.15, 0.2) is 41.3 Å². The lowest BCUT2D eigenvalue weighted by molar-refractivity contribution is 0.0997. The van der Waals surface area contributed by atoms with Crippen LogP contribution in [-0.4, -0.2) is 27.4 Å². The van der Waals surface area contributed by atoms with Gasteiger partial charge in [0, 0.05) is 5.56 Å². The summed E-state index contributed by atoms with van der Waals surface area (Å²) in [4.78, 5) is 12.2. The molecule has 0 spiro atoms. The second-order valence-electron chi connectivity index (χ2n) is 5.57. The van der Waals surface area contributed by atoms with Crippen LogP contribution in [0.5, 0.6) is 5.75 Å². The molecule has 0 bridgehead atoms. The first kappa shape index (κ1) is 19.1. The number of halogens is 1. The van der Waals surface area contributed by atoms with Gasteiger partial charge in [0.15, 0.2) is 5.78 Å². The normalized spacial score (nSPS) is 11.4. The van der Waals surface area contributed by atoms with Crippen molar-refractivity contribution < 1.29 is 22.3 Å². The van der Waals surface area contributed by atoms with Gasteiger partial charge in [0.05, 0.1) is 18.0 Å². The Morgan fingerprint density at radius 1 is 1.12 bits per heavy atom. The Kier molecular flexibility index (Phi) is 5.92. The number of benzene rings is 2. The van der Waals surface area contributed by atoms with Gasteiger partial charge in [0.25, 0.3) is 0 Å². The molecule has 0 aliphatic heterocycles. The smallest absolute Gasteiger partial charge is 0.241 e. The SMILES string of the molecule is CCOc1cc(C)c(S(=O)(=O)NCC(=O)c2ccc(F)cc2)cc1C. The van der Waals surface area contributed by atoms with Crippen molar-refractivity contribution in [2.45, 2.75) is 25.7 Å². The van der Waals surface area contributed by atoms with Crippen LogP contribution in [0, 0.1) is 19.7 Å². The molecule has 25 heavy (non-hydrogen) atoms. The Hall–Kier alpha value is -2.25. The maximum Gasteiger partial charge on any atom is 0.241 e. The molecule has 0 aliphatic carbocycles. The van der Waals surface area contributed by atoms with Crippen molar-refractivity contribution in [3.63, 3.8) is 0 Å². The quantitative estimate of drug-likeness (QED) is 0.766. The van der Waals surface area contributed by atoms with E-state index in [2.05, 4.69) is 4.72 Å². The van der Waals surface area contributed by atoms with E-state index in [4.69, 9.17) is 4.74 Å². The monoisotopic (exact) mass is 365 g/mol. The zero-order chi connectivity index (χ0) is 18.6. The minimum Gasteiger partial charge on any atom is -0.494 e. The summed E-state index contributed by atoms with van der Waals surface area (Å²) in [6.45, 7) is 5.35. The molecule has 5 nitrogen and oxygen atoms in total. The van der Waals surface area contributed by atoms with Crippen LogP contribution in [0.4, 0.5) is 4.39 Å². The highest BCUT2D eigenvalue weighted by Crippen LogP contribution is 2.25. The predicted octanol–water partition coefficient (Wildman–Crippen LogP) is 3.00. The molecule has 2 aromatic rings. The molecular weight excluding hydrogens is 345 g/mol. The number of carbonyl (C=O) groups is 1. The Balaban J connectivity index is 2.17. The van der Waals surface area contributed by atoms with Gasteiger partial charge in [0.2, 0.25) is 10.0 Å². The summed E-state index contributed by atoms with van der Waals surface area (Å²) in [5.41, 5.74) is 1.46. The predicted molar refractivity (Wildman–Crippen MR) is 93.0 cm³/mol. The molecule has 7 heteroatoms. The summed E-state index contributed by atoms with van der Waals surface area (Å²) in [6.07, 6.45) is 0. The van der Waals surface area contributed by atoms with Crippen molar-refractivity contribution in [3.8, 4) is 5.75 Å². The van der Waals surface area contributed by atoms with Crippen LogP contribution in [-0.2, 0) is 10.0 Å². The van der Waals surface area contributed by atoms with Crippen LogP contribution < -0.4 is 9.46 Å². The third-order valence-electron chi connectivity index (χ3n) is 3.65. The average Bonchev–Trinajstić information content (AvgIpc) is 2.56. The van der Waals surface area contributed by atoms with Gasteiger partial charge in [-0.25, -0.2) is 17.5 Å². The standard InChI is InChI=1S/C18H20FNO4S/c1-4-24-17-9-13(3)18(10-12(17)2)25(22,23)20-11-16(21)14-5-7-15(19)8-6-14/h5-10,20H,4,11H2,1-3H3. The number of rotatable bonds is 7.